The van der Waals surface area contributed by atoms with Crippen molar-refractivity contribution in [3.05, 3.63) is 239 Å². The van der Waals surface area contributed by atoms with Crippen molar-refractivity contribution in [2.24, 2.45) is 0 Å². The lowest BCUT2D eigenvalue weighted by Gasteiger charge is -2.11. The predicted octanol–water partition coefficient (Wildman–Crippen LogP) is 15.4. The molecule has 374 valence electrons. The minimum atomic E-state index is -5.89. The first kappa shape index (κ1) is 46.8. The minimum absolute atomic E-state index is 0.0451. The smallest absolute Gasteiger partial charge is 0.508 e. The summed E-state index contributed by atoms with van der Waals surface area (Å²) in [6, 6.07) is 69.0. The number of halogens is 3. The summed E-state index contributed by atoms with van der Waals surface area (Å²) in [6.45, 7) is 0. The van der Waals surface area contributed by atoms with Crippen LogP contribution in [0.2, 0.25) is 0 Å². The number of nitrogens with zero attached hydrogens (tertiary/aromatic N) is 2. The second kappa shape index (κ2) is 17.9. The molecule has 0 atom stereocenters. The van der Waals surface area contributed by atoms with E-state index in [0.717, 1.165) is 94.8 Å². The monoisotopic (exact) mass is 1040 g/mol. The second-order valence-corrected chi connectivity index (χ2v) is 20.0. The van der Waals surface area contributed by atoms with Gasteiger partial charge in [0, 0.05) is 54.5 Å². The summed E-state index contributed by atoms with van der Waals surface area (Å²) in [5.74, 6) is -0.602. The molecule has 1 N–H and O–H groups in total. The number of aromatic nitrogens is 2. The van der Waals surface area contributed by atoms with E-state index in [9.17, 15) is 36.3 Å². The van der Waals surface area contributed by atoms with Gasteiger partial charge < -0.3 is 27.3 Å². The molecule has 4 aromatic heterocycles. The number of rotatable bonds is 6. The van der Waals surface area contributed by atoms with Crippen LogP contribution >= 0.6 is 0 Å². The Labute approximate surface area is 434 Å². The highest BCUT2D eigenvalue weighted by Crippen LogP contribution is 2.39. The van der Waals surface area contributed by atoms with Crippen LogP contribution in [0.5, 0.6) is 11.5 Å². The average molecular weight is 1040 g/mol. The predicted molar refractivity (Wildman–Crippen MR) is 297 cm³/mol. The molecule has 0 saturated heterocycles. The van der Waals surface area contributed by atoms with Crippen LogP contribution in [0.4, 0.5) is 13.2 Å². The highest BCUT2D eigenvalue weighted by molar-refractivity contribution is 7.88. The third kappa shape index (κ3) is 8.01. The third-order valence-electron chi connectivity index (χ3n) is 13.9. The SMILES string of the molecule is O=c1oc2cc(-c3ccc4c(c3)c3ccccc3n4-c3ccccc3)ccc2c2ccc(O)cc12.O=c1oc2cc(-c3ccc4c(c3)c3ccccc3n4-c3ccccc3)ccc2c2ccc(OS(=O)(=O)C(F)(F)F)cc12. The fraction of sp³-hybridized carbons (Fsp3) is 0.0159. The molecule has 0 saturated carbocycles. The van der Waals surface area contributed by atoms with E-state index in [0.29, 0.717) is 21.7 Å². The number of fused-ring (bicyclic) bond motifs is 12. The normalized spacial score (nSPS) is 12.1. The van der Waals surface area contributed by atoms with E-state index in [4.69, 9.17) is 8.83 Å². The van der Waals surface area contributed by atoms with Crippen LogP contribution in [0.1, 0.15) is 0 Å². The Morgan fingerprint density at radius 3 is 1.29 bits per heavy atom. The maximum atomic E-state index is 12.8. The number of aromatic hydroxyl groups is 1. The van der Waals surface area contributed by atoms with E-state index >= 15 is 0 Å². The van der Waals surface area contributed by atoms with Crippen LogP contribution in [0, 0.1) is 0 Å². The molecule has 4 heterocycles. The first-order valence-corrected chi connectivity index (χ1v) is 25.6. The first-order valence-electron chi connectivity index (χ1n) is 24.2. The summed E-state index contributed by atoms with van der Waals surface area (Å²) in [4.78, 5) is 25.4. The average Bonchev–Trinajstić information content (AvgIpc) is 4.11. The Morgan fingerprint density at radius 2 is 0.792 bits per heavy atom. The lowest BCUT2D eigenvalue weighted by Crippen LogP contribution is -2.28. The molecule has 0 amide bonds. The molecule has 0 spiro atoms. The Bertz CT molecular complexity index is 4970. The largest absolute Gasteiger partial charge is 0.534 e. The lowest BCUT2D eigenvalue weighted by atomic mass is 10.00. The molecule has 0 aliphatic carbocycles. The van der Waals surface area contributed by atoms with Crippen LogP contribution < -0.4 is 15.4 Å². The number of phenolic OH excluding ortho intramolecular Hbond substituents is 1. The molecule has 14 heteroatoms. The molecular formula is C63H37F3N2O8S. The second-order valence-electron chi connectivity index (χ2n) is 18.5. The third-order valence-corrected chi connectivity index (χ3v) is 14.9. The van der Waals surface area contributed by atoms with Crippen LogP contribution in [-0.4, -0.2) is 28.2 Å². The van der Waals surface area contributed by atoms with Gasteiger partial charge in [0.2, 0.25) is 0 Å². The molecule has 0 bridgehead atoms. The van der Waals surface area contributed by atoms with Gasteiger partial charge in [-0.25, -0.2) is 9.59 Å². The van der Waals surface area contributed by atoms with Gasteiger partial charge in [-0.2, -0.15) is 21.6 Å². The Kier molecular flexibility index (Phi) is 10.9. The molecule has 0 radical (unpaired) electrons. The van der Waals surface area contributed by atoms with E-state index in [1.54, 1.807) is 24.3 Å². The maximum Gasteiger partial charge on any atom is 0.534 e. The Balaban J connectivity index is 0.000000149. The first-order chi connectivity index (χ1) is 37.3. The molecular weight excluding hydrogens is 1000 g/mol. The number of benzene rings is 10. The highest BCUT2D eigenvalue weighted by atomic mass is 32.2. The Morgan fingerprint density at radius 1 is 0.390 bits per heavy atom. The number of phenols is 1. The standard InChI is InChI=1S/C32H18F3NO5S.C31H19NO3/c33-32(34,35)42(38,39)41-22-12-14-23-25-13-10-20(17-30(25)40-31(37)27(23)18-22)19-11-15-29-26(16-19)24-8-4-5-9-28(24)36(29)21-6-2-1-3-7-21;33-22-12-14-23-25-13-10-20(17-30(25)35-31(34)27(23)18-22)19-11-15-29-26(16-19)24-8-4-5-9-28(24)32(29)21-6-2-1-3-7-21/h1-18H;1-18,33H. The van der Waals surface area contributed by atoms with Crippen LogP contribution in [0.3, 0.4) is 0 Å². The van der Waals surface area contributed by atoms with E-state index in [2.05, 4.69) is 116 Å². The Hall–Kier alpha value is -9.92. The molecule has 0 aliphatic heterocycles. The fourth-order valence-corrected chi connectivity index (χ4v) is 10.9. The van der Waals surface area contributed by atoms with E-state index < -0.39 is 32.6 Å². The van der Waals surface area contributed by atoms with Gasteiger partial charge in [0.25, 0.3) is 0 Å². The number of hydrogen-bond acceptors (Lipinski definition) is 8. The van der Waals surface area contributed by atoms with E-state index in [1.165, 1.54) is 17.5 Å². The molecule has 0 aliphatic rings. The zero-order valence-corrected chi connectivity index (χ0v) is 40.8. The number of alkyl halides is 3. The van der Waals surface area contributed by atoms with Gasteiger partial charge in [0.1, 0.15) is 22.7 Å². The van der Waals surface area contributed by atoms with Gasteiger partial charge in [-0.05, 0) is 144 Å². The van der Waals surface area contributed by atoms with Crippen molar-refractivity contribution in [3.8, 4) is 45.1 Å². The van der Waals surface area contributed by atoms with Gasteiger partial charge in [-0.1, -0.05) is 97.1 Å². The molecule has 77 heavy (non-hydrogen) atoms. The summed E-state index contributed by atoms with van der Waals surface area (Å²) < 4.78 is 80.9. The summed E-state index contributed by atoms with van der Waals surface area (Å²) in [7, 11) is -5.89. The van der Waals surface area contributed by atoms with Crippen molar-refractivity contribution in [2.45, 2.75) is 5.51 Å². The molecule has 14 rings (SSSR count). The van der Waals surface area contributed by atoms with Crippen LogP contribution in [-0.2, 0) is 10.1 Å². The number of hydrogen-bond donors (Lipinski definition) is 1. The number of para-hydroxylation sites is 4. The van der Waals surface area contributed by atoms with Gasteiger partial charge in [-0.15, -0.1) is 0 Å². The molecule has 0 fully saturated rings. The summed E-state index contributed by atoms with van der Waals surface area (Å²) in [6.07, 6.45) is 0. The van der Waals surface area contributed by atoms with Crippen molar-refractivity contribution in [1.82, 2.24) is 9.13 Å². The van der Waals surface area contributed by atoms with Crippen LogP contribution in [0.15, 0.2) is 237 Å². The summed E-state index contributed by atoms with van der Waals surface area (Å²) in [5.41, 5.74) is 4.16. The van der Waals surface area contributed by atoms with E-state index in [1.807, 2.05) is 66.7 Å². The molecule has 14 aromatic rings. The topological polar surface area (TPSA) is 134 Å². The molecule has 10 aromatic carbocycles. The highest BCUT2D eigenvalue weighted by Gasteiger charge is 2.48. The maximum absolute atomic E-state index is 12.8. The van der Waals surface area contributed by atoms with Gasteiger partial charge in [-0.3, -0.25) is 0 Å². The quantitative estimate of drug-likeness (QED) is 0.0753. The molecule has 0 unspecified atom stereocenters. The van der Waals surface area contributed by atoms with E-state index in [-0.39, 0.29) is 16.7 Å². The fourth-order valence-electron chi connectivity index (χ4n) is 10.4. The summed E-state index contributed by atoms with van der Waals surface area (Å²) >= 11 is 0. The van der Waals surface area contributed by atoms with Crippen molar-refractivity contribution < 1.29 is 39.7 Å². The van der Waals surface area contributed by atoms with Crippen molar-refractivity contribution >= 4 is 97.2 Å². The molecule has 10 nitrogen and oxygen atoms in total. The van der Waals surface area contributed by atoms with Gasteiger partial charge >= 0.3 is 26.9 Å². The van der Waals surface area contributed by atoms with Crippen molar-refractivity contribution in [2.75, 3.05) is 0 Å². The zero-order valence-electron chi connectivity index (χ0n) is 40.0. The van der Waals surface area contributed by atoms with Gasteiger partial charge in [0.15, 0.2) is 0 Å². The van der Waals surface area contributed by atoms with Crippen molar-refractivity contribution in [3.63, 3.8) is 0 Å². The summed E-state index contributed by atoms with van der Waals surface area (Å²) in [5, 5.41) is 17.0. The van der Waals surface area contributed by atoms with Crippen molar-refractivity contribution in [1.29, 1.82) is 0 Å². The lowest BCUT2D eigenvalue weighted by molar-refractivity contribution is -0.0500. The zero-order chi connectivity index (χ0) is 52.7. The van der Waals surface area contributed by atoms with Gasteiger partial charge in [0.05, 0.1) is 32.8 Å². The van der Waals surface area contributed by atoms with Crippen LogP contribution in [0.25, 0.3) is 121 Å². The minimum Gasteiger partial charge on any atom is -0.508 e.